The van der Waals surface area contributed by atoms with Crippen LogP contribution in [0, 0.1) is 0 Å². The van der Waals surface area contributed by atoms with Gasteiger partial charge >= 0.3 is 0 Å². The van der Waals surface area contributed by atoms with Gasteiger partial charge < -0.3 is 15.5 Å². The highest BCUT2D eigenvalue weighted by Gasteiger charge is 2.22. The molecule has 1 atom stereocenters. The van der Waals surface area contributed by atoms with Crippen LogP contribution >= 0.6 is 0 Å². The molecule has 1 aromatic rings. The summed E-state index contributed by atoms with van der Waals surface area (Å²) in [6, 6.07) is 2.49. The van der Waals surface area contributed by atoms with Gasteiger partial charge in [0.05, 0.1) is 6.54 Å². The molecule has 2 rings (SSSR count). The molecule has 0 radical (unpaired) electrons. The molecule has 2 heterocycles. The topological polar surface area (TPSA) is 58.3 Å². The first-order valence-electron chi connectivity index (χ1n) is 6.14. The largest absolute Gasteiger partial charge is 0.355 e. The first-order chi connectivity index (χ1) is 8.20. The number of anilines is 1. The molecule has 17 heavy (non-hydrogen) atoms. The van der Waals surface area contributed by atoms with Crippen molar-refractivity contribution in [3.8, 4) is 0 Å². The SMILES string of the molecule is CN1CCCC(N(C)c2ccnc(CN)n2)C1. The number of nitrogens with two attached hydrogens (primary N) is 1. The summed E-state index contributed by atoms with van der Waals surface area (Å²) in [5.74, 6) is 1.68. The predicted molar refractivity (Wildman–Crippen MR) is 68.8 cm³/mol. The van der Waals surface area contributed by atoms with Gasteiger partial charge in [0.1, 0.15) is 11.6 Å². The van der Waals surface area contributed by atoms with Crippen molar-refractivity contribution < 1.29 is 0 Å². The van der Waals surface area contributed by atoms with E-state index in [9.17, 15) is 0 Å². The highest BCUT2D eigenvalue weighted by atomic mass is 15.2. The Balaban J connectivity index is 2.09. The Labute approximate surface area is 103 Å². The highest BCUT2D eigenvalue weighted by molar-refractivity contribution is 5.38. The van der Waals surface area contributed by atoms with Gasteiger partial charge in [-0.15, -0.1) is 0 Å². The molecule has 0 aromatic carbocycles. The quantitative estimate of drug-likeness (QED) is 0.825. The second kappa shape index (κ2) is 5.42. The maximum atomic E-state index is 5.57. The summed E-state index contributed by atoms with van der Waals surface area (Å²) < 4.78 is 0. The molecular formula is C12H21N5. The van der Waals surface area contributed by atoms with Crippen LogP contribution in [0.5, 0.6) is 0 Å². The summed E-state index contributed by atoms with van der Waals surface area (Å²) >= 11 is 0. The van der Waals surface area contributed by atoms with E-state index in [0.29, 0.717) is 18.4 Å². The maximum Gasteiger partial charge on any atom is 0.144 e. The molecule has 1 fully saturated rings. The first kappa shape index (κ1) is 12.3. The molecule has 0 spiro atoms. The van der Waals surface area contributed by atoms with Crippen molar-refractivity contribution in [3.63, 3.8) is 0 Å². The van der Waals surface area contributed by atoms with Crippen molar-refractivity contribution in [3.05, 3.63) is 18.1 Å². The Kier molecular flexibility index (Phi) is 3.91. The van der Waals surface area contributed by atoms with Gasteiger partial charge in [-0.05, 0) is 32.5 Å². The van der Waals surface area contributed by atoms with Gasteiger partial charge in [0.2, 0.25) is 0 Å². The fourth-order valence-corrected chi connectivity index (χ4v) is 2.33. The second-order valence-electron chi connectivity index (χ2n) is 4.70. The Morgan fingerprint density at radius 3 is 3.12 bits per heavy atom. The zero-order valence-corrected chi connectivity index (χ0v) is 10.6. The zero-order valence-electron chi connectivity index (χ0n) is 10.6. The van der Waals surface area contributed by atoms with E-state index in [1.165, 1.54) is 19.4 Å². The molecule has 0 saturated carbocycles. The van der Waals surface area contributed by atoms with Gasteiger partial charge in [-0.3, -0.25) is 0 Å². The Morgan fingerprint density at radius 1 is 1.59 bits per heavy atom. The number of likely N-dealkylation sites (N-methyl/N-ethyl adjacent to an activating group) is 2. The average molecular weight is 235 g/mol. The van der Waals surface area contributed by atoms with Crippen molar-refractivity contribution in [1.29, 1.82) is 0 Å². The summed E-state index contributed by atoms with van der Waals surface area (Å²) in [5.41, 5.74) is 5.57. The molecule has 2 N–H and O–H groups in total. The fourth-order valence-electron chi connectivity index (χ4n) is 2.33. The molecule has 1 aliphatic heterocycles. The van der Waals surface area contributed by atoms with Crippen molar-refractivity contribution in [1.82, 2.24) is 14.9 Å². The van der Waals surface area contributed by atoms with Crippen LogP contribution in [0.4, 0.5) is 5.82 Å². The molecule has 1 aromatic heterocycles. The smallest absolute Gasteiger partial charge is 0.144 e. The standard InChI is InChI=1S/C12H21N5/c1-16-7-3-4-10(9-16)17(2)12-5-6-14-11(8-13)15-12/h5-6,10H,3-4,7-9,13H2,1-2H3. The Morgan fingerprint density at radius 2 is 2.41 bits per heavy atom. The lowest BCUT2D eigenvalue weighted by atomic mass is 10.1. The van der Waals surface area contributed by atoms with Crippen LogP contribution in [0.1, 0.15) is 18.7 Å². The van der Waals surface area contributed by atoms with Gasteiger partial charge in [0, 0.05) is 25.8 Å². The Bertz CT molecular complexity index is 368. The van der Waals surface area contributed by atoms with E-state index >= 15 is 0 Å². The summed E-state index contributed by atoms with van der Waals surface area (Å²) in [6.07, 6.45) is 4.26. The number of hydrogen-bond donors (Lipinski definition) is 1. The summed E-state index contributed by atoms with van der Waals surface area (Å²) in [5, 5.41) is 0. The molecule has 0 aliphatic carbocycles. The van der Waals surface area contributed by atoms with Crippen LogP contribution in [0.15, 0.2) is 12.3 Å². The molecule has 1 saturated heterocycles. The van der Waals surface area contributed by atoms with Crippen LogP contribution in [0.3, 0.4) is 0 Å². The van der Waals surface area contributed by atoms with E-state index in [2.05, 4.69) is 33.9 Å². The van der Waals surface area contributed by atoms with Crippen LogP contribution in [0.25, 0.3) is 0 Å². The lowest BCUT2D eigenvalue weighted by molar-refractivity contribution is 0.247. The molecule has 1 aliphatic rings. The number of hydrogen-bond acceptors (Lipinski definition) is 5. The normalized spacial score (nSPS) is 21.5. The zero-order chi connectivity index (χ0) is 12.3. The third-order valence-electron chi connectivity index (χ3n) is 3.38. The molecular weight excluding hydrogens is 214 g/mol. The number of aromatic nitrogens is 2. The first-order valence-corrected chi connectivity index (χ1v) is 6.14. The Hall–Kier alpha value is -1.20. The summed E-state index contributed by atoms with van der Waals surface area (Å²) in [7, 11) is 4.28. The highest BCUT2D eigenvalue weighted by Crippen LogP contribution is 2.18. The van der Waals surface area contributed by atoms with Crippen molar-refractivity contribution in [2.45, 2.75) is 25.4 Å². The minimum Gasteiger partial charge on any atom is -0.355 e. The molecule has 94 valence electrons. The predicted octanol–water partition coefficient (Wildman–Crippen LogP) is 0.466. The van der Waals surface area contributed by atoms with Crippen molar-refractivity contribution in [2.24, 2.45) is 5.73 Å². The van der Waals surface area contributed by atoms with Crippen LogP contribution in [0.2, 0.25) is 0 Å². The summed E-state index contributed by atoms with van der Waals surface area (Å²) in [4.78, 5) is 13.2. The molecule has 0 bridgehead atoms. The second-order valence-corrected chi connectivity index (χ2v) is 4.70. The number of rotatable bonds is 3. The van der Waals surface area contributed by atoms with E-state index in [4.69, 9.17) is 5.73 Å². The fraction of sp³-hybridized carbons (Fsp3) is 0.667. The summed E-state index contributed by atoms with van der Waals surface area (Å²) in [6.45, 7) is 2.69. The molecule has 0 amide bonds. The van der Waals surface area contributed by atoms with E-state index in [0.717, 1.165) is 12.4 Å². The molecule has 1 unspecified atom stereocenters. The lowest BCUT2D eigenvalue weighted by Gasteiger charge is -2.36. The van der Waals surface area contributed by atoms with Crippen LogP contribution < -0.4 is 10.6 Å². The molecule has 5 heteroatoms. The van der Waals surface area contributed by atoms with E-state index in [1.807, 2.05) is 6.07 Å². The van der Waals surface area contributed by atoms with E-state index in [-0.39, 0.29) is 0 Å². The van der Waals surface area contributed by atoms with Gasteiger partial charge in [0.15, 0.2) is 0 Å². The maximum absolute atomic E-state index is 5.57. The number of nitrogens with zero attached hydrogens (tertiary/aromatic N) is 4. The minimum atomic E-state index is 0.395. The van der Waals surface area contributed by atoms with Gasteiger partial charge in [0.25, 0.3) is 0 Å². The lowest BCUT2D eigenvalue weighted by Crippen LogP contribution is -2.45. The van der Waals surface area contributed by atoms with E-state index < -0.39 is 0 Å². The van der Waals surface area contributed by atoms with E-state index in [1.54, 1.807) is 6.20 Å². The van der Waals surface area contributed by atoms with Crippen LogP contribution in [-0.4, -0.2) is 48.1 Å². The van der Waals surface area contributed by atoms with Gasteiger partial charge in [-0.25, -0.2) is 9.97 Å². The molecule has 5 nitrogen and oxygen atoms in total. The van der Waals surface area contributed by atoms with Crippen LogP contribution in [-0.2, 0) is 6.54 Å². The minimum absolute atomic E-state index is 0.395. The third-order valence-corrected chi connectivity index (χ3v) is 3.38. The van der Waals surface area contributed by atoms with Gasteiger partial charge in [-0.1, -0.05) is 0 Å². The monoisotopic (exact) mass is 235 g/mol. The van der Waals surface area contributed by atoms with Crippen molar-refractivity contribution in [2.75, 3.05) is 32.1 Å². The number of piperidine rings is 1. The average Bonchev–Trinajstić information content (AvgIpc) is 2.38. The van der Waals surface area contributed by atoms with Crippen molar-refractivity contribution >= 4 is 5.82 Å². The number of likely N-dealkylation sites (tertiary alicyclic amines) is 1. The van der Waals surface area contributed by atoms with Gasteiger partial charge in [-0.2, -0.15) is 0 Å². The third kappa shape index (κ3) is 2.92.